The summed E-state index contributed by atoms with van der Waals surface area (Å²) in [6.07, 6.45) is -1.41. The second-order valence-electron chi connectivity index (χ2n) is 6.04. The van der Waals surface area contributed by atoms with Crippen LogP contribution in [0, 0.1) is 10.1 Å². The van der Waals surface area contributed by atoms with Crippen molar-refractivity contribution in [1.29, 1.82) is 0 Å². The summed E-state index contributed by atoms with van der Waals surface area (Å²) in [5.41, 5.74) is 4.08. The van der Waals surface area contributed by atoms with Crippen molar-refractivity contribution in [3.8, 4) is 5.75 Å². The first kappa shape index (κ1) is 19.9. The minimum Gasteiger partial charge on any atom is -0.444 e. The molecule has 0 aliphatic rings. The van der Waals surface area contributed by atoms with Gasteiger partial charge in [-0.25, -0.2) is 9.59 Å². The molecule has 0 bridgehead atoms. The Kier molecular flexibility index (Phi) is 6.43. The normalized spacial score (nSPS) is 12.0. The van der Waals surface area contributed by atoms with Crippen molar-refractivity contribution >= 4 is 23.7 Å². The summed E-state index contributed by atoms with van der Waals surface area (Å²) >= 11 is 0. The smallest absolute Gasteiger partial charge is 0.408 e. The van der Waals surface area contributed by atoms with Crippen LogP contribution in [0.3, 0.4) is 0 Å². The van der Waals surface area contributed by atoms with Crippen molar-refractivity contribution in [2.24, 2.45) is 5.73 Å². The number of alkyl carbamates (subject to hydrolysis) is 1. The number of nitro benzene ring substituents is 1. The van der Waals surface area contributed by atoms with E-state index in [4.69, 9.17) is 15.2 Å². The Morgan fingerprint density at radius 1 is 1.24 bits per heavy atom. The molecule has 0 radical (unpaired) electrons. The van der Waals surface area contributed by atoms with Crippen LogP contribution >= 0.6 is 0 Å². The number of hydrogen-bond donors (Lipinski definition) is 2. The molecule has 1 rings (SSSR count). The summed E-state index contributed by atoms with van der Waals surface area (Å²) in [5, 5.41) is 12.8. The van der Waals surface area contributed by atoms with E-state index in [0.717, 1.165) is 12.1 Å². The van der Waals surface area contributed by atoms with Crippen LogP contribution in [0.4, 0.5) is 10.5 Å². The molecule has 0 aliphatic carbocycles. The van der Waals surface area contributed by atoms with E-state index in [1.54, 1.807) is 20.8 Å². The van der Waals surface area contributed by atoms with E-state index in [-0.39, 0.29) is 11.4 Å². The topological polar surface area (TPSA) is 151 Å². The van der Waals surface area contributed by atoms with Crippen LogP contribution < -0.4 is 15.8 Å². The van der Waals surface area contributed by atoms with Gasteiger partial charge >= 0.3 is 12.1 Å². The van der Waals surface area contributed by atoms with Crippen LogP contribution in [-0.2, 0) is 14.3 Å². The largest absolute Gasteiger partial charge is 0.444 e. The number of esters is 1. The number of carbonyl (C=O) groups is 3. The van der Waals surface area contributed by atoms with Gasteiger partial charge < -0.3 is 20.5 Å². The fourth-order valence-electron chi connectivity index (χ4n) is 1.67. The molecule has 136 valence electrons. The van der Waals surface area contributed by atoms with Crippen LogP contribution in [0.5, 0.6) is 5.75 Å². The SMILES string of the molecule is CC(C)(C)OC(=O)NC(CC(N)=O)C(=O)Oc1ccc([N+](=O)[O-])cc1. The lowest BCUT2D eigenvalue weighted by Gasteiger charge is -2.22. The van der Waals surface area contributed by atoms with Crippen molar-refractivity contribution in [1.82, 2.24) is 5.32 Å². The lowest BCUT2D eigenvalue weighted by Crippen LogP contribution is -2.47. The highest BCUT2D eigenvalue weighted by molar-refractivity contribution is 5.88. The average Bonchev–Trinajstić information content (AvgIpc) is 2.44. The lowest BCUT2D eigenvalue weighted by atomic mass is 10.2. The van der Waals surface area contributed by atoms with Crippen LogP contribution in [-0.4, -0.2) is 34.5 Å². The number of nitrogens with two attached hydrogens (primary N) is 1. The molecule has 1 atom stereocenters. The summed E-state index contributed by atoms with van der Waals surface area (Å²) in [6, 6.07) is 3.36. The van der Waals surface area contributed by atoms with Gasteiger partial charge in [-0.1, -0.05) is 0 Å². The van der Waals surface area contributed by atoms with Crippen LogP contribution in [0.25, 0.3) is 0 Å². The Balaban J connectivity index is 2.80. The summed E-state index contributed by atoms with van der Waals surface area (Å²) in [4.78, 5) is 45.0. The fourth-order valence-corrected chi connectivity index (χ4v) is 1.67. The van der Waals surface area contributed by atoms with E-state index in [1.165, 1.54) is 12.1 Å². The second-order valence-corrected chi connectivity index (χ2v) is 6.04. The summed E-state index contributed by atoms with van der Waals surface area (Å²) in [7, 11) is 0. The molecule has 0 aliphatic heterocycles. The highest BCUT2D eigenvalue weighted by Gasteiger charge is 2.27. The zero-order chi connectivity index (χ0) is 19.2. The first-order valence-electron chi connectivity index (χ1n) is 7.22. The van der Waals surface area contributed by atoms with Gasteiger partial charge in [0.15, 0.2) is 0 Å². The molecular weight excluding hydrogens is 334 g/mol. The van der Waals surface area contributed by atoms with Crippen molar-refractivity contribution in [2.45, 2.75) is 38.8 Å². The molecule has 1 aromatic rings. The number of nitro groups is 1. The minimum atomic E-state index is -1.36. The van der Waals surface area contributed by atoms with Gasteiger partial charge in [0.05, 0.1) is 11.3 Å². The summed E-state index contributed by atoms with van der Waals surface area (Å²) in [5.74, 6) is -1.78. The zero-order valence-electron chi connectivity index (χ0n) is 14.0. The number of rotatable bonds is 6. The third kappa shape index (κ3) is 7.29. The molecule has 0 aromatic heterocycles. The second kappa shape index (κ2) is 8.08. The maximum atomic E-state index is 12.1. The van der Waals surface area contributed by atoms with Crippen LogP contribution in [0.2, 0.25) is 0 Å². The highest BCUT2D eigenvalue weighted by atomic mass is 16.6. The summed E-state index contributed by atoms with van der Waals surface area (Å²) < 4.78 is 10.0. The number of primary amides is 1. The number of amides is 2. The Hall–Kier alpha value is -3.17. The number of ether oxygens (including phenoxy) is 2. The molecule has 0 heterocycles. The number of hydrogen-bond acceptors (Lipinski definition) is 7. The molecule has 2 amide bonds. The molecule has 1 aromatic carbocycles. The zero-order valence-corrected chi connectivity index (χ0v) is 14.0. The Bertz CT molecular complexity index is 665. The van der Waals surface area contributed by atoms with Gasteiger partial charge in [0.1, 0.15) is 17.4 Å². The van der Waals surface area contributed by atoms with E-state index in [1.807, 2.05) is 0 Å². The van der Waals surface area contributed by atoms with Crippen molar-refractivity contribution in [3.63, 3.8) is 0 Å². The Labute approximate surface area is 143 Å². The third-order valence-electron chi connectivity index (χ3n) is 2.65. The fraction of sp³-hybridized carbons (Fsp3) is 0.400. The molecule has 0 fully saturated rings. The lowest BCUT2D eigenvalue weighted by molar-refractivity contribution is -0.384. The van der Waals surface area contributed by atoms with Gasteiger partial charge in [-0.2, -0.15) is 0 Å². The van der Waals surface area contributed by atoms with Gasteiger partial charge in [0.2, 0.25) is 5.91 Å². The standard InChI is InChI=1S/C15H19N3O7/c1-15(2,3)25-14(21)17-11(8-12(16)19)13(20)24-10-6-4-9(5-7-10)18(22)23/h4-7,11H,8H2,1-3H3,(H2,16,19)(H,17,21). The van der Waals surface area contributed by atoms with Crippen molar-refractivity contribution < 1.29 is 28.8 Å². The molecule has 10 heteroatoms. The van der Waals surface area contributed by atoms with E-state index in [9.17, 15) is 24.5 Å². The molecule has 3 N–H and O–H groups in total. The Morgan fingerprint density at radius 3 is 2.24 bits per heavy atom. The van der Waals surface area contributed by atoms with E-state index < -0.39 is 41.0 Å². The van der Waals surface area contributed by atoms with E-state index in [0.29, 0.717) is 0 Å². The van der Waals surface area contributed by atoms with Gasteiger partial charge in [-0.15, -0.1) is 0 Å². The first-order chi connectivity index (χ1) is 11.5. The van der Waals surface area contributed by atoms with E-state index in [2.05, 4.69) is 5.32 Å². The molecule has 25 heavy (non-hydrogen) atoms. The number of carbonyl (C=O) groups excluding carboxylic acids is 3. The molecule has 10 nitrogen and oxygen atoms in total. The first-order valence-corrected chi connectivity index (χ1v) is 7.22. The van der Waals surface area contributed by atoms with Gasteiger partial charge in [0.25, 0.3) is 5.69 Å². The van der Waals surface area contributed by atoms with E-state index >= 15 is 0 Å². The van der Waals surface area contributed by atoms with Gasteiger partial charge in [0, 0.05) is 12.1 Å². The predicted molar refractivity (Wildman–Crippen MR) is 85.7 cm³/mol. The predicted octanol–water partition coefficient (Wildman–Crippen LogP) is 1.27. The van der Waals surface area contributed by atoms with Crippen LogP contribution in [0.15, 0.2) is 24.3 Å². The third-order valence-corrected chi connectivity index (χ3v) is 2.65. The highest BCUT2D eigenvalue weighted by Crippen LogP contribution is 2.18. The molecule has 0 saturated heterocycles. The number of benzene rings is 1. The van der Waals surface area contributed by atoms with Gasteiger partial charge in [-0.05, 0) is 32.9 Å². The van der Waals surface area contributed by atoms with Gasteiger partial charge in [-0.3, -0.25) is 14.9 Å². The number of nitrogens with zero attached hydrogens (tertiary/aromatic N) is 1. The maximum Gasteiger partial charge on any atom is 0.408 e. The molecule has 0 spiro atoms. The molecule has 0 saturated carbocycles. The quantitative estimate of drug-likeness (QED) is 0.338. The average molecular weight is 353 g/mol. The maximum absolute atomic E-state index is 12.1. The van der Waals surface area contributed by atoms with Crippen molar-refractivity contribution in [3.05, 3.63) is 34.4 Å². The van der Waals surface area contributed by atoms with Crippen molar-refractivity contribution in [2.75, 3.05) is 0 Å². The molecular formula is C15H19N3O7. The Morgan fingerprint density at radius 2 is 1.80 bits per heavy atom. The van der Waals surface area contributed by atoms with Crippen LogP contribution in [0.1, 0.15) is 27.2 Å². The number of non-ortho nitro benzene ring substituents is 1. The summed E-state index contributed by atoms with van der Waals surface area (Å²) in [6.45, 7) is 4.89. The number of nitrogens with one attached hydrogen (secondary N) is 1. The molecule has 1 unspecified atom stereocenters. The minimum absolute atomic E-state index is 0.0102. The monoisotopic (exact) mass is 353 g/mol.